The molecule has 0 radical (unpaired) electrons. The van der Waals surface area contributed by atoms with Crippen LogP contribution in [0.3, 0.4) is 0 Å². The van der Waals surface area contributed by atoms with E-state index in [9.17, 15) is 9.59 Å². The van der Waals surface area contributed by atoms with Crippen LogP contribution >= 0.6 is 0 Å². The van der Waals surface area contributed by atoms with Gasteiger partial charge in [0.05, 0.1) is 6.04 Å². The van der Waals surface area contributed by atoms with Gasteiger partial charge in [-0.05, 0) is 12.3 Å². The molecule has 0 aliphatic rings. The van der Waals surface area contributed by atoms with E-state index >= 15 is 0 Å². The molecule has 16 heavy (non-hydrogen) atoms. The molecule has 3 heteroatoms. The fourth-order valence-corrected chi connectivity index (χ4v) is 1.38. The van der Waals surface area contributed by atoms with E-state index < -0.39 is 6.04 Å². The molecule has 1 unspecified atom stereocenters. The van der Waals surface area contributed by atoms with Crippen LogP contribution in [0.1, 0.15) is 53.9 Å². The van der Waals surface area contributed by atoms with Crippen LogP contribution in [-0.2, 0) is 9.59 Å². The summed E-state index contributed by atoms with van der Waals surface area (Å²) in [5.41, 5.74) is 5.42. The number of hydrogen-bond donors (Lipinski definition) is 1. The van der Waals surface area contributed by atoms with Gasteiger partial charge < -0.3 is 5.73 Å². The van der Waals surface area contributed by atoms with Crippen molar-refractivity contribution in [2.75, 3.05) is 0 Å². The van der Waals surface area contributed by atoms with E-state index in [0.29, 0.717) is 25.2 Å². The molecule has 2 N–H and O–H groups in total. The molecule has 0 rings (SSSR count). The summed E-state index contributed by atoms with van der Waals surface area (Å²) in [6.07, 6.45) is 1.38. The lowest BCUT2D eigenvalue weighted by molar-refractivity contribution is -0.126. The zero-order valence-corrected chi connectivity index (χ0v) is 11.2. The Labute approximate surface area is 98.8 Å². The Balaban J connectivity index is 4.03. The van der Waals surface area contributed by atoms with Gasteiger partial charge in [0.1, 0.15) is 11.6 Å². The highest BCUT2D eigenvalue weighted by Crippen LogP contribution is 2.18. The maximum atomic E-state index is 11.6. The molecule has 0 amide bonds. The zero-order valence-electron chi connectivity index (χ0n) is 11.2. The number of rotatable bonds is 6. The van der Waals surface area contributed by atoms with Crippen LogP contribution in [0.25, 0.3) is 0 Å². The van der Waals surface area contributed by atoms with Gasteiger partial charge in [0.25, 0.3) is 0 Å². The van der Waals surface area contributed by atoms with Gasteiger partial charge in [-0.3, -0.25) is 9.59 Å². The first-order valence-electron chi connectivity index (χ1n) is 5.96. The minimum Gasteiger partial charge on any atom is -0.321 e. The third kappa shape index (κ3) is 6.01. The standard InChI is InChI=1S/C13H25NO2/c1-9(2)8-11(15)10(14)6-7-12(16)13(3,4)5/h9-10H,6-8,14H2,1-5H3. The molecule has 0 fully saturated rings. The van der Waals surface area contributed by atoms with Crippen molar-refractivity contribution in [1.82, 2.24) is 0 Å². The predicted molar refractivity (Wildman–Crippen MR) is 66.1 cm³/mol. The Bertz CT molecular complexity index is 251. The molecule has 0 aliphatic heterocycles. The highest BCUT2D eigenvalue weighted by Gasteiger charge is 2.23. The van der Waals surface area contributed by atoms with E-state index in [1.807, 2.05) is 34.6 Å². The van der Waals surface area contributed by atoms with E-state index in [1.54, 1.807) is 0 Å². The normalized spacial score (nSPS) is 13.9. The zero-order chi connectivity index (χ0) is 12.9. The second kappa shape index (κ2) is 6.14. The van der Waals surface area contributed by atoms with Crippen LogP contribution < -0.4 is 5.73 Å². The summed E-state index contributed by atoms with van der Waals surface area (Å²) in [7, 11) is 0. The SMILES string of the molecule is CC(C)CC(=O)C(N)CCC(=O)C(C)(C)C. The van der Waals surface area contributed by atoms with E-state index in [-0.39, 0.29) is 17.0 Å². The first-order chi connectivity index (χ1) is 7.14. The molecule has 0 aromatic carbocycles. The number of Topliss-reactive ketones (excluding diaryl/α,β-unsaturated/α-hetero) is 2. The van der Waals surface area contributed by atoms with Gasteiger partial charge in [-0.25, -0.2) is 0 Å². The second-order valence-electron chi connectivity index (χ2n) is 5.88. The fourth-order valence-electron chi connectivity index (χ4n) is 1.38. The molecule has 0 aromatic rings. The summed E-state index contributed by atoms with van der Waals surface area (Å²) in [4.78, 5) is 23.2. The van der Waals surface area contributed by atoms with E-state index in [0.717, 1.165) is 0 Å². The van der Waals surface area contributed by atoms with Crippen molar-refractivity contribution in [3.05, 3.63) is 0 Å². The highest BCUT2D eigenvalue weighted by molar-refractivity contribution is 5.86. The number of ketones is 2. The third-order valence-corrected chi connectivity index (χ3v) is 2.54. The largest absolute Gasteiger partial charge is 0.321 e. The maximum absolute atomic E-state index is 11.6. The van der Waals surface area contributed by atoms with Gasteiger partial charge >= 0.3 is 0 Å². The number of hydrogen-bond acceptors (Lipinski definition) is 3. The third-order valence-electron chi connectivity index (χ3n) is 2.54. The van der Waals surface area contributed by atoms with Crippen LogP contribution in [0, 0.1) is 11.3 Å². The molecule has 1 atom stereocenters. The molecule has 94 valence electrons. The molecule has 0 aliphatic carbocycles. The molecule has 0 aromatic heterocycles. The van der Waals surface area contributed by atoms with Crippen LogP contribution in [0.15, 0.2) is 0 Å². The maximum Gasteiger partial charge on any atom is 0.149 e. The van der Waals surface area contributed by atoms with Crippen LogP contribution in [0.4, 0.5) is 0 Å². The fraction of sp³-hybridized carbons (Fsp3) is 0.846. The summed E-state index contributed by atoms with van der Waals surface area (Å²) in [6, 6.07) is -0.478. The van der Waals surface area contributed by atoms with Crippen molar-refractivity contribution in [3.63, 3.8) is 0 Å². The topological polar surface area (TPSA) is 60.2 Å². The van der Waals surface area contributed by atoms with Crippen molar-refractivity contribution >= 4 is 11.6 Å². The lowest BCUT2D eigenvalue weighted by Gasteiger charge is -2.18. The first-order valence-corrected chi connectivity index (χ1v) is 5.96. The molecule has 0 heterocycles. The lowest BCUT2D eigenvalue weighted by Crippen LogP contribution is -2.33. The molecule has 0 saturated carbocycles. The highest BCUT2D eigenvalue weighted by atomic mass is 16.1. The van der Waals surface area contributed by atoms with E-state index in [4.69, 9.17) is 5.73 Å². The van der Waals surface area contributed by atoms with Crippen molar-refractivity contribution < 1.29 is 9.59 Å². The summed E-state index contributed by atoms with van der Waals surface area (Å²) in [6.45, 7) is 9.64. The van der Waals surface area contributed by atoms with Crippen molar-refractivity contribution in [1.29, 1.82) is 0 Å². The number of nitrogens with two attached hydrogens (primary N) is 1. The molecule has 0 bridgehead atoms. The summed E-state index contributed by atoms with van der Waals surface area (Å²) < 4.78 is 0. The summed E-state index contributed by atoms with van der Waals surface area (Å²) in [5.74, 6) is 0.564. The van der Waals surface area contributed by atoms with Gasteiger partial charge in [-0.1, -0.05) is 34.6 Å². The predicted octanol–water partition coefficient (Wildman–Crippen LogP) is 2.32. The Morgan fingerprint density at radius 3 is 2.06 bits per heavy atom. The molecule has 0 saturated heterocycles. The van der Waals surface area contributed by atoms with Gasteiger partial charge in [0.2, 0.25) is 0 Å². The summed E-state index contributed by atoms with van der Waals surface area (Å²) in [5, 5.41) is 0. The van der Waals surface area contributed by atoms with Gasteiger partial charge in [-0.2, -0.15) is 0 Å². The van der Waals surface area contributed by atoms with Gasteiger partial charge in [0, 0.05) is 18.3 Å². The Hall–Kier alpha value is -0.700. The van der Waals surface area contributed by atoms with Crippen molar-refractivity contribution in [2.24, 2.45) is 17.1 Å². The molecular weight excluding hydrogens is 202 g/mol. The van der Waals surface area contributed by atoms with Crippen LogP contribution in [0.5, 0.6) is 0 Å². The van der Waals surface area contributed by atoms with E-state index in [2.05, 4.69) is 0 Å². The first kappa shape index (κ1) is 15.3. The van der Waals surface area contributed by atoms with E-state index in [1.165, 1.54) is 0 Å². The Morgan fingerprint density at radius 1 is 1.19 bits per heavy atom. The molecule has 0 spiro atoms. The monoisotopic (exact) mass is 227 g/mol. The van der Waals surface area contributed by atoms with Crippen molar-refractivity contribution in [3.8, 4) is 0 Å². The average Bonchev–Trinajstić information content (AvgIpc) is 2.10. The van der Waals surface area contributed by atoms with Crippen LogP contribution in [-0.4, -0.2) is 17.6 Å². The Kier molecular flexibility index (Phi) is 5.87. The minimum atomic E-state index is -0.478. The number of carbonyl (C=O) groups excluding carboxylic acids is 2. The second-order valence-corrected chi connectivity index (χ2v) is 5.88. The van der Waals surface area contributed by atoms with Gasteiger partial charge in [-0.15, -0.1) is 0 Å². The quantitative estimate of drug-likeness (QED) is 0.757. The van der Waals surface area contributed by atoms with Gasteiger partial charge in [0.15, 0.2) is 0 Å². The number of carbonyl (C=O) groups is 2. The molecular formula is C13H25NO2. The lowest BCUT2D eigenvalue weighted by atomic mass is 9.86. The minimum absolute atomic E-state index is 0.0664. The smallest absolute Gasteiger partial charge is 0.149 e. The summed E-state index contributed by atoms with van der Waals surface area (Å²) >= 11 is 0. The average molecular weight is 227 g/mol. The Morgan fingerprint density at radius 2 is 1.69 bits per heavy atom. The molecule has 3 nitrogen and oxygen atoms in total. The van der Waals surface area contributed by atoms with Crippen LogP contribution in [0.2, 0.25) is 0 Å². The van der Waals surface area contributed by atoms with Crippen molar-refractivity contribution in [2.45, 2.75) is 59.9 Å².